The predicted molar refractivity (Wildman–Crippen MR) is 219 cm³/mol. The molecule has 0 unspecified atom stereocenters. The van der Waals surface area contributed by atoms with Gasteiger partial charge in [-0.25, -0.2) is 15.0 Å². The molecule has 0 spiro atoms. The van der Waals surface area contributed by atoms with Gasteiger partial charge in [0.15, 0.2) is 17.5 Å². The minimum atomic E-state index is -2.44. The Morgan fingerprint density at radius 3 is 1.51 bits per heavy atom. The van der Waals surface area contributed by atoms with E-state index in [1.54, 1.807) is 13.3 Å². The van der Waals surface area contributed by atoms with Crippen LogP contribution in [0.4, 0.5) is 0 Å². The monoisotopic (exact) mass is 703 g/mol. The predicted octanol–water partition coefficient (Wildman–Crippen LogP) is 12.0. The average Bonchev–Trinajstić information content (AvgIpc) is 3.59. The maximum atomic E-state index is 13.0. The van der Waals surface area contributed by atoms with Crippen LogP contribution in [0.3, 0.4) is 0 Å². The number of hydrogen-bond donors (Lipinski definition) is 0. The van der Waals surface area contributed by atoms with E-state index in [0.717, 1.165) is 77.3 Å². The van der Waals surface area contributed by atoms with E-state index in [0.29, 0.717) is 17.5 Å². The maximum absolute atomic E-state index is 13.0. The molecule has 9 aromatic rings. The minimum Gasteiger partial charge on any atom is -0.456 e. The minimum absolute atomic E-state index is 0.545. The molecule has 0 saturated carbocycles. The van der Waals surface area contributed by atoms with E-state index >= 15 is 0 Å². The highest BCUT2D eigenvalue weighted by molar-refractivity contribution is 7.70. The second-order valence-corrected chi connectivity index (χ2v) is 16.8. The van der Waals surface area contributed by atoms with Gasteiger partial charge in [-0.3, -0.25) is 0 Å². The van der Waals surface area contributed by atoms with Gasteiger partial charge in [0.1, 0.15) is 18.3 Å². The van der Waals surface area contributed by atoms with E-state index < -0.39 is 7.14 Å². The lowest BCUT2D eigenvalue weighted by molar-refractivity contribution is 0.588. The van der Waals surface area contributed by atoms with Gasteiger partial charge in [-0.05, 0) is 95.2 Å². The largest absolute Gasteiger partial charge is 0.456 e. The molecule has 0 atom stereocenters. The molecule has 6 heteroatoms. The average molecular weight is 704 g/mol. The molecule has 0 radical (unpaired) electrons. The first-order valence-electron chi connectivity index (χ1n) is 17.6. The van der Waals surface area contributed by atoms with Crippen LogP contribution in [0.15, 0.2) is 174 Å². The van der Waals surface area contributed by atoms with Crippen LogP contribution in [0.5, 0.6) is 0 Å². The van der Waals surface area contributed by atoms with E-state index in [1.807, 2.05) is 72.8 Å². The Bertz CT molecular complexity index is 2780. The van der Waals surface area contributed by atoms with Crippen molar-refractivity contribution in [2.45, 2.75) is 0 Å². The van der Waals surface area contributed by atoms with Crippen LogP contribution in [0.2, 0.25) is 0 Å². The quantitative estimate of drug-likeness (QED) is 0.155. The highest BCUT2D eigenvalue weighted by Crippen LogP contribution is 2.38. The summed E-state index contributed by atoms with van der Waals surface area (Å²) in [4.78, 5) is 15.4. The third-order valence-electron chi connectivity index (χ3n) is 9.60. The zero-order valence-corrected chi connectivity index (χ0v) is 30.2. The van der Waals surface area contributed by atoms with Crippen molar-refractivity contribution >= 4 is 34.4 Å². The molecule has 0 aliphatic carbocycles. The summed E-state index contributed by atoms with van der Waals surface area (Å²) in [5, 5.41) is 2.96. The highest BCUT2D eigenvalue weighted by Gasteiger charge is 2.18. The topological polar surface area (TPSA) is 68.9 Å². The number of benzene rings is 7. The molecule has 0 fully saturated rings. The third kappa shape index (κ3) is 6.48. The molecule has 0 aliphatic heterocycles. The van der Waals surface area contributed by atoms with Crippen molar-refractivity contribution < 1.29 is 8.98 Å². The molecule has 0 N–H and O–H groups in total. The molecular weight excluding hydrogens is 670 g/mol. The van der Waals surface area contributed by atoms with Gasteiger partial charge in [-0.2, -0.15) is 0 Å². The second kappa shape index (κ2) is 13.3. The van der Waals surface area contributed by atoms with Gasteiger partial charge in [-0.15, -0.1) is 0 Å². The number of nitrogens with zero attached hydrogens (tertiary/aromatic N) is 3. The number of rotatable bonds is 7. The molecule has 254 valence electrons. The molecular formula is C47H34N3O2P. The Morgan fingerprint density at radius 1 is 0.377 bits per heavy atom. The third-order valence-corrected chi connectivity index (χ3v) is 11.1. The number of hydrogen-bond acceptors (Lipinski definition) is 5. The van der Waals surface area contributed by atoms with Gasteiger partial charge < -0.3 is 8.98 Å². The van der Waals surface area contributed by atoms with E-state index in [1.165, 1.54) is 0 Å². The molecule has 0 aliphatic rings. The molecule has 0 saturated heterocycles. The van der Waals surface area contributed by atoms with Crippen molar-refractivity contribution in [2.75, 3.05) is 13.3 Å². The van der Waals surface area contributed by atoms with E-state index in [2.05, 4.69) is 97.1 Å². The first kappa shape index (κ1) is 32.5. The van der Waals surface area contributed by atoms with Crippen LogP contribution in [0, 0.1) is 0 Å². The molecule has 2 heterocycles. The zero-order chi connectivity index (χ0) is 35.9. The fraction of sp³-hybridized carbons (Fsp3) is 0.0426. The van der Waals surface area contributed by atoms with Crippen LogP contribution in [-0.2, 0) is 4.57 Å². The summed E-state index contributed by atoms with van der Waals surface area (Å²) >= 11 is 0. The van der Waals surface area contributed by atoms with Crippen LogP contribution in [0.1, 0.15) is 0 Å². The Morgan fingerprint density at radius 2 is 0.849 bits per heavy atom. The van der Waals surface area contributed by atoms with Crippen molar-refractivity contribution in [1.29, 1.82) is 0 Å². The molecule has 0 amide bonds. The summed E-state index contributed by atoms with van der Waals surface area (Å²) in [7, 11) is -2.44. The molecule has 53 heavy (non-hydrogen) atoms. The first-order valence-corrected chi connectivity index (χ1v) is 20.2. The van der Waals surface area contributed by atoms with Gasteiger partial charge in [0.05, 0.1) is 0 Å². The summed E-state index contributed by atoms with van der Waals surface area (Å²) in [6.07, 6.45) is 0. The lowest BCUT2D eigenvalue weighted by Gasteiger charge is -2.13. The van der Waals surface area contributed by atoms with Gasteiger partial charge in [-0.1, -0.05) is 121 Å². The van der Waals surface area contributed by atoms with Gasteiger partial charge in [0, 0.05) is 32.8 Å². The van der Waals surface area contributed by atoms with Crippen LogP contribution in [0.25, 0.3) is 89.5 Å². The van der Waals surface area contributed by atoms with Gasteiger partial charge in [0.2, 0.25) is 0 Å². The Balaban J connectivity index is 1.24. The normalized spacial score (nSPS) is 11.7. The first-order chi connectivity index (χ1) is 25.9. The fourth-order valence-electron chi connectivity index (χ4n) is 6.84. The Labute approximate surface area is 308 Å². The molecule has 5 nitrogen and oxygen atoms in total. The number of furan rings is 1. The SMILES string of the molecule is CP(C)(=O)c1cccc(-c2cccc(-c3nc(-c4cc(-c5ccccc5)cc(-c5ccccc5)c4)nc(-c4ccc5c(c4)oc4ccccc45)n3)c2)c1. The lowest BCUT2D eigenvalue weighted by Crippen LogP contribution is -2.02. The van der Waals surface area contributed by atoms with E-state index in [-0.39, 0.29) is 0 Å². The zero-order valence-electron chi connectivity index (χ0n) is 29.3. The smallest absolute Gasteiger partial charge is 0.164 e. The molecule has 2 aromatic heterocycles. The molecule has 9 rings (SSSR count). The van der Waals surface area contributed by atoms with Crippen molar-refractivity contribution in [3.05, 3.63) is 170 Å². The number of aromatic nitrogens is 3. The van der Waals surface area contributed by atoms with Crippen molar-refractivity contribution in [3.8, 4) is 67.5 Å². The van der Waals surface area contributed by atoms with Gasteiger partial charge in [0.25, 0.3) is 0 Å². The lowest BCUT2D eigenvalue weighted by atomic mass is 9.96. The number of para-hydroxylation sites is 1. The summed E-state index contributed by atoms with van der Waals surface area (Å²) in [5.74, 6) is 1.66. The summed E-state index contributed by atoms with van der Waals surface area (Å²) in [6, 6.07) is 57.7. The van der Waals surface area contributed by atoms with Crippen molar-refractivity contribution in [3.63, 3.8) is 0 Å². The van der Waals surface area contributed by atoms with Crippen molar-refractivity contribution in [2.24, 2.45) is 0 Å². The molecule has 0 bridgehead atoms. The summed E-state index contributed by atoms with van der Waals surface area (Å²) in [6.45, 7) is 3.60. The maximum Gasteiger partial charge on any atom is 0.164 e. The summed E-state index contributed by atoms with van der Waals surface area (Å²) in [5.41, 5.74) is 10.5. The second-order valence-electron chi connectivity index (χ2n) is 13.6. The van der Waals surface area contributed by atoms with Gasteiger partial charge >= 0.3 is 0 Å². The Kier molecular flexibility index (Phi) is 8.14. The van der Waals surface area contributed by atoms with Crippen LogP contribution < -0.4 is 5.30 Å². The molecule has 7 aromatic carbocycles. The standard InChI is InChI=1S/C47H34N3O2P/c1-53(2,51)40-20-12-18-34(29-40)33-17-11-19-35(25-33)45-48-46(36-23-24-42-41-21-9-10-22-43(41)52-44(42)30-36)50-47(49-45)39-27-37(31-13-5-3-6-14-31)26-38(28-39)32-15-7-4-8-16-32/h3-30H,1-2H3. The Hall–Kier alpha value is -6.42. The number of fused-ring (bicyclic) bond motifs is 3. The summed E-state index contributed by atoms with van der Waals surface area (Å²) < 4.78 is 19.2. The van der Waals surface area contributed by atoms with E-state index in [9.17, 15) is 4.57 Å². The fourth-order valence-corrected chi connectivity index (χ4v) is 7.73. The highest BCUT2D eigenvalue weighted by atomic mass is 31.2. The van der Waals surface area contributed by atoms with Crippen LogP contribution in [-0.4, -0.2) is 28.3 Å². The van der Waals surface area contributed by atoms with E-state index in [4.69, 9.17) is 19.4 Å². The van der Waals surface area contributed by atoms with Crippen molar-refractivity contribution in [1.82, 2.24) is 15.0 Å². The van der Waals surface area contributed by atoms with Crippen LogP contribution >= 0.6 is 7.14 Å².